The zero-order valence-electron chi connectivity index (χ0n) is 15.3. The molecule has 0 radical (unpaired) electrons. The van der Waals surface area contributed by atoms with E-state index in [4.69, 9.17) is 9.47 Å². The summed E-state index contributed by atoms with van der Waals surface area (Å²) in [6.07, 6.45) is 3.89. The van der Waals surface area contributed by atoms with Gasteiger partial charge in [-0.3, -0.25) is 19.7 Å². The number of benzene rings is 2. The molecule has 2 heterocycles. The van der Waals surface area contributed by atoms with Crippen LogP contribution < -0.4 is 19.7 Å². The molecule has 0 atom stereocenters. The Kier molecular flexibility index (Phi) is 4.86. The number of carbonyl (C=O) groups is 2. The molecule has 9 nitrogen and oxygen atoms in total. The van der Waals surface area contributed by atoms with Gasteiger partial charge in [-0.15, -0.1) is 0 Å². The highest BCUT2D eigenvalue weighted by Crippen LogP contribution is 2.38. The van der Waals surface area contributed by atoms with Crippen LogP contribution in [0.25, 0.3) is 6.08 Å². The average molecular weight is 395 g/mol. The number of ether oxygens (including phenoxy) is 2. The monoisotopic (exact) mass is 395 g/mol. The molecule has 2 amide bonds. The van der Waals surface area contributed by atoms with E-state index in [2.05, 4.69) is 5.32 Å². The van der Waals surface area contributed by atoms with Gasteiger partial charge in [-0.2, -0.15) is 0 Å². The summed E-state index contributed by atoms with van der Waals surface area (Å²) in [7, 11) is 0. The van der Waals surface area contributed by atoms with Crippen molar-refractivity contribution in [3.63, 3.8) is 0 Å². The largest absolute Gasteiger partial charge is 0.454 e. The third kappa shape index (κ3) is 3.88. The fourth-order valence-corrected chi connectivity index (χ4v) is 3.26. The number of hydrogen-bond acceptors (Lipinski definition) is 6. The molecule has 1 fully saturated rings. The highest BCUT2D eigenvalue weighted by molar-refractivity contribution is 6.03. The third-order valence-electron chi connectivity index (χ3n) is 4.63. The molecule has 0 aromatic heterocycles. The first-order valence-electron chi connectivity index (χ1n) is 8.99. The van der Waals surface area contributed by atoms with Crippen molar-refractivity contribution in [2.45, 2.75) is 12.8 Å². The lowest BCUT2D eigenvalue weighted by Crippen LogP contribution is -2.23. The molecule has 2 aliphatic rings. The number of hydrogen-bond donors (Lipinski definition) is 1. The van der Waals surface area contributed by atoms with Gasteiger partial charge in [0.05, 0.1) is 16.6 Å². The molecule has 0 bridgehead atoms. The molecule has 2 aromatic rings. The first kappa shape index (κ1) is 18.5. The van der Waals surface area contributed by atoms with Crippen LogP contribution in [0.2, 0.25) is 0 Å². The third-order valence-corrected chi connectivity index (χ3v) is 4.63. The summed E-state index contributed by atoms with van der Waals surface area (Å²) in [5.74, 6) is 0.288. The molecule has 1 saturated heterocycles. The van der Waals surface area contributed by atoms with E-state index in [0.717, 1.165) is 12.1 Å². The second-order valence-corrected chi connectivity index (χ2v) is 6.54. The van der Waals surface area contributed by atoms with Gasteiger partial charge in [-0.25, -0.2) is 0 Å². The second-order valence-electron chi connectivity index (χ2n) is 6.54. The molecule has 148 valence electrons. The molecule has 0 aliphatic carbocycles. The quantitative estimate of drug-likeness (QED) is 0.473. The number of nitro benzene ring substituents is 1. The number of rotatable bonds is 5. The molecule has 9 heteroatoms. The van der Waals surface area contributed by atoms with E-state index in [1.54, 1.807) is 23.1 Å². The number of fused-ring (bicyclic) bond motifs is 1. The molecular weight excluding hydrogens is 378 g/mol. The SMILES string of the molecule is O=C(/C=C/c1cc2c(cc1[N+](=O)[O-])OCO2)Nc1cccc(N2CCCC2=O)c1. The molecule has 4 rings (SSSR count). The number of anilines is 2. The summed E-state index contributed by atoms with van der Waals surface area (Å²) in [5, 5.41) is 14.0. The van der Waals surface area contributed by atoms with Gasteiger partial charge in [0.15, 0.2) is 11.5 Å². The van der Waals surface area contributed by atoms with Crippen LogP contribution in [-0.2, 0) is 9.59 Å². The predicted molar refractivity (Wildman–Crippen MR) is 105 cm³/mol. The van der Waals surface area contributed by atoms with E-state index >= 15 is 0 Å². The van der Waals surface area contributed by atoms with E-state index in [1.165, 1.54) is 24.3 Å². The molecule has 29 heavy (non-hydrogen) atoms. The van der Waals surface area contributed by atoms with Gasteiger partial charge in [0.25, 0.3) is 5.69 Å². The fraction of sp³-hybridized carbons (Fsp3) is 0.200. The first-order chi connectivity index (χ1) is 14.0. The zero-order chi connectivity index (χ0) is 20.4. The van der Waals surface area contributed by atoms with Crippen LogP contribution in [0.15, 0.2) is 42.5 Å². The summed E-state index contributed by atoms with van der Waals surface area (Å²) < 4.78 is 10.4. The van der Waals surface area contributed by atoms with Crippen molar-refractivity contribution in [2.75, 3.05) is 23.6 Å². The van der Waals surface area contributed by atoms with E-state index in [-0.39, 0.29) is 24.0 Å². The predicted octanol–water partition coefficient (Wildman–Crippen LogP) is 3.10. The second kappa shape index (κ2) is 7.63. The van der Waals surface area contributed by atoms with Crippen LogP contribution in [-0.4, -0.2) is 30.1 Å². The summed E-state index contributed by atoms with van der Waals surface area (Å²) in [5.41, 5.74) is 1.29. The summed E-state index contributed by atoms with van der Waals surface area (Å²) in [6.45, 7) is 0.653. The lowest BCUT2D eigenvalue weighted by molar-refractivity contribution is -0.385. The normalized spacial score (nSPS) is 15.2. The number of nitrogens with one attached hydrogen (secondary N) is 1. The Morgan fingerprint density at radius 3 is 2.72 bits per heavy atom. The van der Waals surface area contributed by atoms with Gasteiger partial charge in [0.1, 0.15) is 0 Å². The molecule has 2 aliphatic heterocycles. The van der Waals surface area contributed by atoms with Gasteiger partial charge in [0.2, 0.25) is 18.6 Å². The van der Waals surface area contributed by atoms with E-state index in [0.29, 0.717) is 30.2 Å². The maximum Gasteiger partial charge on any atom is 0.280 e. The van der Waals surface area contributed by atoms with Crippen molar-refractivity contribution < 1.29 is 24.0 Å². The average Bonchev–Trinajstić information content (AvgIpc) is 3.33. The first-order valence-corrected chi connectivity index (χ1v) is 8.99. The lowest BCUT2D eigenvalue weighted by Gasteiger charge is -2.16. The standard InChI is InChI=1S/C20H17N3O6/c24-19(21-14-3-1-4-15(10-14)22-8-2-5-20(22)25)7-6-13-9-17-18(29-12-28-17)11-16(13)23(26)27/h1,3-4,6-7,9-11H,2,5,8,12H2,(H,21,24)/b7-6+. The molecule has 0 spiro atoms. The van der Waals surface area contributed by atoms with Crippen LogP contribution in [0.1, 0.15) is 18.4 Å². The van der Waals surface area contributed by atoms with E-state index in [9.17, 15) is 19.7 Å². The molecule has 1 N–H and O–H groups in total. The van der Waals surface area contributed by atoms with Crippen LogP contribution in [0, 0.1) is 10.1 Å². The van der Waals surface area contributed by atoms with Gasteiger partial charge in [-0.1, -0.05) is 6.07 Å². The number of carbonyl (C=O) groups excluding carboxylic acids is 2. The van der Waals surface area contributed by atoms with Gasteiger partial charge in [-0.05, 0) is 36.8 Å². The summed E-state index contributed by atoms with van der Waals surface area (Å²) in [4.78, 5) is 36.6. The Labute approximate surface area is 165 Å². The van der Waals surface area contributed by atoms with Crippen molar-refractivity contribution >= 4 is 35.0 Å². The summed E-state index contributed by atoms with van der Waals surface area (Å²) >= 11 is 0. The van der Waals surface area contributed by atoms with Gasteiger partial charge in [0, 0.05) is 30.4 Å². The zero-order valence-corrected chi connectivity index (χ0v) is 15.3. The Bertz CT molecular complexity index is 1030. The fourth-order valence-electron chi connectivity index (χ4n) is 3.26. The highest BCUT2D eigenvalue weighted by atomic mass is 16.7. The van der Waals surface area contributed by atoms with Crippen molar-refractivity contribution in [1.29, 1.82) is 0 Å². The Balaban J connectivity index is 1.50. The lowest BCUT2D eigenvalue weighted by atomic mass is 10.1. The Morgan fingerprint density at radius 2 is 2.00 bits per heavy atom. The van der Waals surface area contributed by atoms with Crippen molar-refractivity contribution in [1.82, 2.24) is 0 Å². The Hall–Kier alpha value is -3.88. The minimum atomic E-state index is -0.546. The van der Waals surface area contributed by atoms with E-state index < -0.39 is 10.8 Å². The Morgan fingerprint density at radius 1 is 1.21 bits per heavy atom. The topological polar surface area (TPSA) is 111 Å². The van der Waals surface area contributed by atoms with Crippen LogP contribution in [0.3, 0.4) is 0 Å². The number of amides is 2. The molecule has 0 saturated carbocycles. The molecular formula is C20H17N3O6. The van der Waals surface area contributed by atoms with Crippen molar-refractivity contribution in [3.05, 3.63) is 58.2 Å². The van der Waals surface area contributed by atoms with Crippen LogP contribution in [0.4, 0.5) is 17.1 Å². The maximum absolute atomic E-state index is 12.3. The minimum Gasteiger partial charge on any atom is -0.454 e. The van der Waals surface area contributed by atoms with Crippen LogP contribution in [0.5, 0.6) is 11.5 Å². The summed E-state index contributed by atoms with van der Waals surface area (Å²) in [6, 6.07) is 9.73. The minimum absolute atomic E-state index is 0.00397. The van der Waals surface area contributed by atoms with Crippen molar-refractivity contribution in [2.24, 2.45) is 0 Å². The smallest absolute Gasteiger partial charge is 0.280 e. The van der Waals surface area contributed by atoms with E-state index in [1.807, 2.05) is 6.07 Å². The van der Waals surface area contributed by atoms with Gasteiger partial charge >= 0.3 is 0 Å². The highest BCUT2D eigenvalue weighted by Gasteiger charge is 2.23. The number of nitro groups is 1. The van der Waals surface area contributed by atoms with Crippen LogP contribution >= 0.6 is 0 Å². The molecule has 2 aromatic carbocycles. The maximum atomic E-state index is 12.3. The van der Waals surface area contributed by atoms with Gasteiger partial charge < -0.3 is 19.7 Å². The molecule has 0 unspecified atom stereocenters. The number of nitrogens with zero attached hydrogens (tertiary/aromatic N) is 2. The van der Waals surface area contributed by atoms with Crippen molar-refractivity contribution in [3.8, 4) is 11.5 Å².